The number of hydrogen-bond donors (Lipinski definition) is 2. The van der Waals surface area contributed by atoms with Crippen molar-refractivity contribution in [2.45, 2.75) is 0 Å². The second-order valence-corrected chi connectivity index (χ2v) is 4.80. The fraction of sp³-hybridized carbons (Fsp3) is 0.0714. The number of halogens is 1. The van der Waals surface area contributed by atoms with Crippen molar-refractivity contribution in [3.05, 3.63) is 52.5 Å². The van der Waals surface area contributed by atoms with E-state index < -0.39 is 0 Å². The highest BCUT2D eigenvalue weighted by Crippen LogP contribution is 2.28. The Kier molecular flexibility index (Phi) is 4.06. The molecular weight excluding hydrogens is 308 g/mol. The van der Waals surface area contributed by atoms with Crippen LogP contribution < -0.4 is 15.8 Å². The first-order valence-corrected chi connectivity index (χ1v) is 6.44. The molecule has 3 N–H and O–H groups in total. The first-order chi connectivity index (χ1) is 9.10. The summed E-state index contributed by atoms with van der Waals surface area (Å²) < 4.78 is 6.63. The van der Waals surface area contributed by atoms with Crippen LogP contribution in [0.1, 0.15) is 10.4 Å². The maximum atomic E-state index is 11.5. The molecule has 0 atom stereocenters. The van der Waals surface area contributed by atoms with Gasteiger partial charge in [-0.15, -0.1) is 0 Å². The molecule has 2 aromatic rings. The molecule has 5 heteroatoms. The van der Waals surface area contributed by atoms with E-state index >= 15 is 0 Å². The summed E-state index contributed by atoms with van der Waals surface area (Å²) in [5, 5.41) is 2.54. The first-order valence-electron chi connectivity index (χ1n) is 5.65. The Morgan fingerprint density at radius 1 is 1.21 bits per heavy atom. The standard InChI is InChI=1S/C14H13BrN2O2/c1-17-14(18)9-2-7-13(12(16)8-9)19-11-5-3-10(15)4-6-11/h2-8H,16H2,1H3,(H,17,18). The second kappa shape index (κ2) is 5.75. The summed E-state index contributed by atoms with van der Waals surface area (Å²) in [6.07, 6.45) is 0. The number of nitrogens with one attached hydrogen (secondary N) is 1. The van der Waals surface area contributed by atoms with Gasteiger partial charge in [0.1, 0.15) is 11.5 Å². The number of amides is 1. The lowest BCUT2D eigenvalue weighted by atomic mass is 10.2. The third kappa shape index (κ3) is 3.26. The predicted molar refractivity (Wildman–Crippen MR) is 78.5 cm³/mol. The second-order valence-electron chi connectivity index (χ2n) is 3.89. The molecular formula is C14H13BrN2O2. The SMILES string of the molecule is CNC(=O)c1ccc(Oc2ccc(Br)cc2)c(N)c1. The largest absolute Gasteiger partial charge is 0.455 e. The van der Waals surface area contributed by atoms with Crippen molar-refractivity contribution >= 4 is 27.5 Å². The Bertz CT molecular complexity index is 597. The monoisotopic (exact) mass is 320 g/mol. The number of nitrogens with two attached hydrogens (primary N) is 1. The van der Waals surface area contributed by atoms with Crippen LogP contribution in [0.15, 0.2) is 46.9 Å². The van der Waals surface area contributed by atoms with E-state index in [2.05, 4.69) is 21.2 Å². The molecule has 0 saturated heterocycles. The van der Waals surface area contributed by atoms with Gasteiger partial charge in [-0.3, -0.25) is 4.79 Å². The van der Waals surface area contributed by atoms with Crippen molar-refractivity contribution in [1.82, 2.24) is 5.32 Å². The van der Waals surface area contributed by atoms with Crippen molar-refractivity contribution in [2.24, 2.45) is 0 Å². The van der Waals surface area contributed by atoms with Gasteiger partial charge in [0.2, 0.25) is 0 Å². The molecule has 0 aliphatic rings. The normalized spacial score (nSPS) is 10.0. The molecule has 0 unspecified atom stereocenters. The number of nitrogen functional groups attached to an aromatic ring is 1. The van der Waals surface area contributed by atoms with E-state index in [1.165, 1.54) is 0 Å². The fourth-order valence-electron chi connectivity index (χ4n) is 1.56. The number of carbonyl (C=O) groups excluding carboxylic acids is 1. The maximum absolute atomic E-state index is 11.5. The highest BCUT2D eigenvalue weighted by Gasteiger charge is 2.08. The molecule has 0 aromatic heterocycles. The third-order valence-electron chi connectivity index (χ3n) is 2.54. The van der Waals surface area contributed by atoms with E-state index in [1.54, 1.807) is 25.2 Å². The van der Waals surface area contributed by atoms with Gasteiger partial charge < -0.3 is 15.8 Å². The molecule has 0 heterocycles. The van der Waals surface area contributed by atoms with Crippen molar-refractivity contribution in [1.29, 1.82) is 0 Å². The summed E-state index contributed by atoms with van der Waals surface area (Å²) in [5.74, 6) is 1.03. The van der Waals surface area contributed by atoms with Crippen LogP contribution in [0.4, 0.5) is 5.69 Å². The van der Waals surface area contributed by atoms with Crippen molar-refractivity contribution in [3.8, 4) is 11.5 Å². The Hall–Kier alpha value is -2.01. The number of rotatable bonds is 3. The minimum absolute atomic E-state index is 0.179. The van der Waals surface area contributed by atoms with Crippen LogP contribution >= 0.6 is 15.9 Å². The van der Waals surface area contributed by atoms with Gasteiger partial charge in [0.15, 0.2) is 0 Å². The number of ether oxygens (including phenoxy) is 1. The minimum Gasteiger partial charge on any atom is -0.455 e. The molecule has 0 radical (unpaired) electrons. The first kappa shape index (κ1) is 13.4. The summed E-state index contributed by atoms with van der Waals surface area (Å²) in [6.45, 7) is 0. The Morgan fingerprint density at radius 3 is 2.47 bits per heavy atom. The number of carbonyl (C=O) groups is 1. The number of anilines is 1. The summed E-state index contributed by atoms with van der Waals surface area (Å²) in [4.78, 5) is 11.5. The van der Waals surface area contributed by atoms with Crippen LogP contribution in [-0.4, -0.2) is 13.0 Å². The molecule has 0 spiro atoms. The lowest BCUT2D eigenvalue weighted by Crippen LogP contribution is -2.17. The highest BCUT2D eigenvalue weighted by molar-refractivity contribution is 9.10. The zero-order chi connectivity index (χ0) is 13.8. The van der Waals surface area contributed by atoms with Crippen LogP contribution in [0.2, 0.25) is 0 Å². The fourth-order valence-corrected chi connectivity index (χ4v) is 1.82. The van der Waals surface area contributed by atoms with Gasteiger partial charge in [0, 0.05) is 17.1 Å². The average molecular weight is 321 g/mol. The summed E-state index contributed by atoms with van der Waals surface area (Å²) in [5.41, 5.74) is 6.80. The zero-order valence-electron chi connectivity index (χ0n) is 10.3. The van der Waals surface area contributed by atoms with Crippen LogP contribution in [0.25, 0.3) is 0 Å². The molecule has 0 fully saturated rings. The molecule has 2 rings (SSSR count). The van der Waals surface area contributed by atoms with Gasteiger partial charge in [0.05, 0.1) is 5.69 Å². The molecule has 2 aromatic carbocycles. The Balaban J connectivity index is 2.22. The molecule has 98 valence electrons. The summed E-state index contributed by atoms with van der Waals surface area (Å²) in [6, 6.07) is 12.4. The van der Waals surface area contributed by atoms with E-state index in [0.29, 0.717) is 22.7 Å². The predicted octanol–water partition coefficient (Wildman–Crippen LogP) is 3.18. The van der Waals surface area contributed by atoms with E-state index in [0.717, 1.165) is 4.47 Å². The van der Waals surface area contributed by atoms with Crippen LogP contribution in [-0.2, 0) is 0 Å². The minimum atomic E-state index is -0.179. The molecule has 19 heavy (non-hydrogen) atoms. The van der Waals surface area contributed by atoms with Gasteiger partial charge in [-0.05, 0) is 42.5 Å². The summed E-state index contributed by atoms with van der Waals surface area (Å²) >= 11 is 3.35. The van der Waals surface area contributed by atoms with Crippen molar-refractivity contribution in [2.75, 3.05) is 12.8 Å². The van der Waals surface area contributed by atoms with Crippen LogP contribution in [0.5, 0.6) is 11.5 Å². The van der Waals surface area contributed by atoms with Crippen molar-refractivity contribution in [3.63, 3.8) is 0 Å². The third-order valence-corrected chi connectivity index (χ3v) is 3.07. The molecule has 0 bridgehead atoms. The Labute approximate surface area is 119 Å². The van der Waals surface area contributed by atoms with E-state index in [1.807, 2.05) is 24.3 Å². The Morgan fingerprint density at radius 2 is 1.89 bits per heavy atom. The average Bonchev–Trinajstić information content (AvgIpc) is 2.42. The highest BCUT2D eigenvalue weighted by atomic mass is 79.9. The zero-order valence-corrected chi connectivity index (χ0v) is 11.9. The molecule has 0 aliphatic carbocycles. The number of benzene rings is 2. The van der Waals surface area contributed by atoms with Crippen LogP contribution in [0, 0.1) is 0 Å². The molecule has 1 amide bonds. The van der Waals surface area contributed by atoms with Crippen LogP contribution in [0.3, 0.4) is 0 Å². The van der Waals surface area contributed by atoms with Gasteiger partial charge in [-0.2, -0.15) is 0 Å². The van der Waals surface area contributed by atoms with E-state index in [4.69, 9.17) is 10.5 Å². The smallest absolute Gasteiger partial charge is 0.251 e. The quantitative estimate of drug-likeness (QED) is 0.854. The van der Waals surface area contributed by atoms with Gasteiger partial charge >= 0.3 is 0 Å². The maximum Gasteiger partial charge on any atom is 0.251 e. The number of hydrogen-bond acceptors (Lipinski definition) is 3. The lowest BCUT2D eigenvalue weighted by molar-refractivity contribution is 0.0963. The van der Waals surface area contributed by atoms with E-state index in [-0.39, 0.29) is 5.91 Å². The van der Waals surface area contributed by atoms with Gasteiger partial charge in [-0.25, -0.2) is 0 Å². The van der Waals surface area contributed by atoms with E-state index in [9.17, 15) is 4.79 Å². The molecule has 0 saturated carbocycles. The van der Waals surface area contributed by atoms with Gasteiger partial charge in [0.25, 0.3) is 5.91 Å². The lowest BCUT2D eigenvalue weighted by Gasteiger charge is -2.09. The summed E-state index contributed by atoms with van der Waals surface area (Å²) in [7, 11) is 1.57. The molecule has 4 nitrogen and oxygen atoms in total. The van der Waals surface area contributed by atoms with Crippen molar-refractivity contribution < 1.29 is 9.53 Å². The topological polar surface area (TPSA) is 64.3 Å². The molecule has 0 aliphatic heterocycles. The van der Waals surface area contributed by atoms with Gasteiger partial charge in [-0.1, -0.05) is 15.9 Å².